The van der Waals surface area contributed by atoms with Gasteiger partial charge in [-0.15, -0.1) is 0 Å². The predicted molar refractivity (Wildman–Crippen MR) is 77.4 cm³/mol. The van der Waals surface area contributed by atoms with Gasteiger partial charge in [0.1, 0.15) is 0 Å². The number of fused-ring (bicyclic) bond motifs is 1. The average Bonchev–Trinajstić information content (AvgIpc) is 2.55. The van der Waals surface area contributed by atoms with Crippen LogP contribution >= 0.6 is 15.9 Å². The SMILES string of the molecule is CC(N)Cc1cn(C(C)C)c2cc(Br)ccc12. The molecule has 0 aliphatic carbocycles. The van der Waals surface area contributed by atoms with Crippen molar-refractivity contribution in [3.05, 3.63) is 34.4 Å². The van der Waals surface area contributed by atoms with Crippen molar-refractivity contribution in [3.63, 3.8) is 0 Å². The van der Waals surface area contributed by atoms with E-state index < -0.39 is 0 Å². The molecular weight excluding hydrogens is 276 g/mol. The Hall–Kier alpha value is -0.800. The average molecular weight is 295 g/mol. The van der Waals surface area contributed by atoms with Crippen LogP contribution in [0.15, 0.2) is 28.9 Å². The molecule has 0 saturated carbocycles. The van der Waals surface area contributed by atoms with Crippen molar-refractivity contribution in [1.82, 2.24) is 4.57 Å². The lowest BCUT2D eigenvalue weighted by Crippen LogP contribution is -2.17. The van der Waals surface area contributed by atoms with Crippen molar-refractivity contribution in [1.29, 1.82) is 0 Å². The van der Waals surface area contributed by atoms with Crippen LogP contribution < -0.4 is 5.73 Å². The van der Waals surface area contributed by atoms with Gasteiger partial charge in [0.05, 0.1) is 0 Å². The molecule has 2 rings (SSSR count). The van der Waals surface area contributed by atoms with E-state index in [-0.39, 0.29) is 6.04 Å². The summed E-state index contributed by atoms with van der Waals surface area (Å²) < 4.78 is 3.44. The fraction of sp³-hybridized carbons (Fsp3) is 0.429. The first-order valence-electron chi connectivity index (χ1n) is 6.03. The van der Waals surface area contributed by atoms with Crippen LogP contribution in [0.1, 0.15) is 32.4 Å². The summed E-state index contributed by atoms with van der Waals surface area (Å²) in [6, 6.07) is 7.12. The quantitative estimate of drug-likeness (QED) is 0.915. The summed E-state index contributed by atoms with van der Waals surface area (Å²) >= 11 is 3.54. The Labute approximate surface area is 111 Å². The van der Waals surface area contributed by atoms with Crippen molar-refractivity contribution in [2.75, 3.05) is 0 Å². The summed E-state index contributed by atoms with van der Waals surface area (Å²) in [6.07, 6.45) is 3.17. The van der Waals surface area contributed by atoms with E-state index in [9.17, 15) is 0 Å². The second-order valence-corrected chi connectivity index (χ2v) is 5.91. The third-order valence-corrected chi connectivity index (χ3v) is 3.47. The van der Waals surface area contributed by atoms with Crippen molar-refractivity contribution in [2.24, 2.45) is 5.73 Å². The van der Waals surface area contributed by atoms with Gasteiger partial charge >= 0.3 is 0 Å². The molecule has 92 valence electrons. The normalized spacial score (nSPS) is 13.5. The molecule has 0 aliphatic heterocycles. The number of hydrogen-bond donors (Lipinski definition) is 1. The lowest BCUT2D eigenvalue weighted by Gasteiger charge is -2.08. The fourth-order valence-corrected chi connectivity index (χ4v) is 2.58. The molecule has 1 heterocycles. The zero-order chi connectivity index (χ0) is 12.6. The van der Waals surface area contributed by atoms with E-state index in [1.807, 2.05) is 0 Å². The molecule has 0 aliphatic rings. The van der Waals surface area contributed by atoms with Crippen LogP contribution in [0, 0.1) is 0 Å². The van der Waals surface area contributed by atoms with Crippen molar-refractivity contribution in [2.45, 2.75) is 39.3 Å². The number of halogens is 1. The van der Waals surface area contributed by atoms with Crippen LogP contribution in [0.5, 0.6) is 0 Å². The van der Waals surface area contributed by atoms with Gasteiger partial charge in [-0.2, -0.15) is 0 Å². The topological polar surface area (TPSA) is 30.9 Å². The number of hydrogen-bond acceptors (Lipinski definition) is 1. The van der Waals surface area contributed by atoms with Gasteiger partial charge in [-0.1, -0.05) is 22.0 Å². The van der Waals surface area contributed by atoms with Gasteiger partial charge in [-0.05, 0) is 44.9 Å². The van der Waals surface area contributed by atoms with Crippen LogP contribution in [-0.2, 0) is 6.42 Å². The van der Waals surface area contributed by atoms with Crippen molar-refractivity contribution < 1.29 is 0 Å². The summed E-state index contributed by atoms with van der Waals surface area (Å²) in [7, 11) is 0. The number of benzene rings is 1. The van der Waals surface area contributed by atoms with Crippen LogP contribution in [-0.4, -0.2) is 10.6 Å². The molecule has 0 fully saturated rings. The summed E-state index contributed by atoms with van der Waals surface area (Å²) in [5, 5.41) is 1.32. The zero-order valence-electron chi connectivity index (χ0n) is 10.6. The zero-order valence-corrected chi connectivity index (χ0v) is 12.2. The standard InChI is InChI=1S/C14H19BrN2/c1-9(2)17-8-11(6-10(3)16)13-5-4-12(15)7-14(13)17/h4-5,7-10H,6,16H2,1-3H3. The maximum absolute atomic E-state index is 5.91. The minimum atomic E-state index is 0.199. The third kappa shape index (κ3) is 2.55. The van der Waals surface area contributed by atoms with Crippen LogP contribution in [0.4, 0.5) is 0 Å². The molecule has 3 heteroatoms. The summed E-state index contributed by atoms with van der Waals surface area (Å²) in [5.41, 5.74) is 8.54. The lowest BCUT2D eigenvalue weighted by atomic mass is 10.1. The monoisotopic (exact) mass is 294 g/mol. The molecule has 0 bridgehead atoms. The molecule has 2 aromatic rings. The highest BCUT2D eigenvalue weighted by molar-refractivity contribution is 9.10. The Morgan fingerprint density at radius 3 is 2.59 bits per heavy atom. The second kappa shape index (κ2) is 4.83. The highest BCUT2D eigenvalue weighted by atomic mass is 79.9. The molecule has 0 radical (unpaired) electrons. The maximum atomic E-state index is 5.91. The predicted octanol–water partition coefficient (Wildman–Crippen LogP) is 3.87. The first kappa shape index (κ1) is 12.7. The van der Waals surface area contributed by atoms with Crippen LogP contribution in [0.2, 0.25) is 0 Å². The molecule has 2 nitrogen and oxygen atoms in total. The van der Waals surface area contributed by atoms with E-state index in [0.29, 0.717) is 6.04 Å². The van der Waals surface area contributed by atoms with E-state index >= 15 is 0 Å². The van der Waals surface area contributed by atoms with Gasteiger partial charge in [0.25, 0.3) is 0 Å². The van der Waals surface area contributed by atoms with Crippen molar-refractivity contribution in [3.8, 4) is 0 Å². The smallest absolute Gasteiger partial charge is 0.0496 e. The Bertz CT molecular complexity index is 526. The first-order chi connectivity index (χ1) is 7.99. The van der Waals surface area contributed by atoms with Gasteiger partial charge in [0.15, 0.2) is 0 Å². The van der Waals surface area contributed by atoms with Gasteiger partial charge in [0.2, 0.25) is 0 Å². The number of rotatable bonds is 3. The summed E-state index contributed by atoms with van der Waals surface area (Å²) in [6.45, 7) is 6.46. The molecular formula is C14H19BrN2. The number of nitrogens with two attached hydrogens (primary N) is 1. The highest BCUT2D eigenvalue weighted by Gasteiger charge is 2.11. The molecule has 0 saturated heterocycles. The molecule has 1 aromatic carbocycles. The lowest BCUT2D eigenvalue weighted by molar-refractivity contribution is 0.618. The molecule has 2 N–H and O–H groups in total. The van der Waals surface area contributed by atoms with E-state index in [4.69, 9.17) is 5.73 Å². The van der Waals surface area contributed by atoms with Crippen molar-refractivity contribution >= 4 is 26.8 Å². The largest absolute Gasteiger partial charge is 0.345 e. The fourth-order valence-electron chi connectivity index (χ4n) is 2.23. The minimum absolute atomic E-state index is 0.199. The van der Waals surface area contributed by atoms with E-state index in [1.54, 1.807) is 0 Å². The van der Waals surface area contributed by atoms with Crippen LogP contribution in [0.3, 0.4) is 0 Å². The van der Waals surface area contributed by atoms with E-state index in [0.717, 1.165) is 10.9 Å². The summed E-state index contributed by atoms with van der Waals surface area (Å²) in [5.74, 6) is 0. The van der Waals surface area contributed by atoms with Gasteiger partial charge in [0, 0.05) is 33.7 Å². The Morgan fingerprint density at radius 1 is 1.29 bits per heavy atom. The van der Waals surface area contributed by atoms with Crippen LogP contribution in [0.25, 0.3) is 10.9 Å². The minimum Gasteiger partial charge on any atom is -0.345 e. The molecule has 1 atom stereocenters. The molecule has 1 unspecified atom stereocenters. The van der Waals surface area contributed by atoms with E-state index in [1.165, 1.54) is 16.5 Å². The molecule has 17 heavy (non-hydrogen) atoms. The molecule has 0 amide bonds. The molecule has 0 spiro atoms. The van der Waals surface area contributed by atoms with E-state index in [2.05, 4.69) is 65.7 Å². The summed E-state index contributed by atoms with van der Waals surface area (Å²) in [4.78, 5) is 0. The highest BCUT2D eigenvalue weighted by Crippen LogP contribution is 2.28. The number of aromatic nitrogens is 1. The van der Waals surface area contributed by atoms with Gasteiger partial charge < -0.3 is 10.3 Å². The Morgan fingerprint density at radius 2 is 2.00 bits per heavy atom. The van der Waals surface area contributed by atoms with Gasteiger partial charge in [-0.3, -0.25) is 0 Å². The molecule has 1 aromatic heterocycles. The first-order valence-corrected chi connectivity index (χ1v) is 6.83. The third-order valence-electron chi connectivity index (χ3n) is 2.98. The number of nitrogens with zero attached hydrogens (tertiary/aromatic N) is 1. The maximum Gasteiger partial charge on any atom is 0.0496 e. The van der Waals surface area contributed by atoms with Gasteiger partial charge in [-0.25, -0.2) is 0 Å². The Kier molecular flexibility index (Phi) is 3.59. The second-order valence-electron chi connectivity index (χ2n) is 5.00. The Balaban J connectivity index is 2.62.